The van der Waals surface area contributed by atoms with Gasteiger partial charge in [-0.25, -0.2) is 4.79 Å². The molecule has 1 heterocycles. The molecular formula is C23H22F3N3O5. The zero-order valence-corrected chi connectivity index (χ0v) is 18.8. The standard InChI is InChI=1S/C23H22F3N3O5/c1-12(2)16-11-15(34-14-7-5-6-13(10-14)23(24,25)26)8-9-17(16)27-19(30)18-20(31)28(3)22(33)29(4)21(18)32/h5-12,18H,1-4H3,(H,27,30). The summed E-state index contributed by atoms with van der Waals surface area (Å²) in [5, 5.41) is 2.55. The minimum absolute atomic E-state index is 0.0181. The van der Waals surface area contributed by atoms with Crippen LogP contribution in [0.3, 0.4) is 0 Å². The maximum absolute atomic E-state index is 13.0. The monoisotopic (exact) mass is 477 g/mol. The van der Waals surface area contributed by atoms with E-state index in [1.54, 1.807) is 6.07 Å². The Hall–Kier alpha value is -3.89. The highest BCUT2D eigenvalue weighted by molar-refractivity contribution is 6.27. The molecular weight excluding hydrogens is 455 g/mol. The number of carbonyl (C=O) groups excluding carboxylic acids is 4. The fraction of sp³-hybridized carbons (Fsp3) is 0.304. The summed E-state index contributed by atoms with van der Waals surface area (Å²) in [5.41, 5.74) is -0.00119. The van der Waals surface area contributed by atoms with Crippen LogP contribution in [-0.4, -0.2) is 47.6 Å². The SMILES string of the molecule is CC(C)c1cc(Oc2cccc(C(F)(F)F)c2)ccc1NC(=O)C1C(=O)N(C)C(=O)N(C)C1=O. The number of benzene rings is 2. The van der Waals surface area contributed by atoms with E-state index < -0.39 is 41.4 Å². The molecule has 1 N–H and O–H groups in total. The van der Waals surface area contributed by atoms with Crippen molar-refractivity contribution in [2.24, 2.45) is 5.92 Å². The van der Waals surface area contributed by atoms with E-state index in [9.17, 15) is 32.3 Å². The lowest BCUT2D eigenvalue weighted by molar-refractivity contribution is -0.151. The molecule has 1 aliphatic rings. The molecule has 0 saturated carbocycles. The number of hydrogen-bond donors (Lipinski definition) is 1. The fourth-order valence-corrected chi connectivity index (χ4v) is 3.40. The van der Waals surface area contributed by atoms with Crippen LogP contribution in [-0.2, 0) is 20.6 Å². The molecule has 0 bridgehead atoms. The largest absolute Gasteiger partial charge is 0.457 e. The van der Waals surface area contributed by atoms with Crippen LogP contribution in [0.5, 0.6) is 11.5 Å². The molecule has 3 rings (SSSR count). The Morgan fingerprint density at radius 1 is 0.971 bits per heavy atom. The third kappa shape index (κ3) is 4.87. The summed E-state index contributed by atoms with van der Waals surface area (Å²) in [6, 6.07) is 8.04. The van der Waals surface area contributed by atoms with Crippen LogP contribution in [0.25, 0.3) is 0 Å². The first-order valence-electron chi connectivity index (χ1n) is 10.2. The number of nitrogens with one attached hydrogen (secondary N) is 1. The van der Waals surface area contributed by atoms with E-state index >= 15 is 0 Å². The van der Waals surface area contributed by atoms with Crippen LogP contribution in [0, 0.1) is 5.92 Å². The summed E-state index contributed by atoms with van der Waals surface area (Å²) in [4.78, 5) is 50.9. The maximum atomic E-state index is 13.0. The fourth-order valence-electron chi connectivity index (χ4n) is 3.40. The van der Waals surface area contributed by atoms with Crippen molar-refractivity contribution >= 4 is 29.4 Å². The lowest BCUT2D eigenvalue weighted by Crippen LogP contribution is -2.59. The molecule has 0 spiro atoms. The Morgan fingerprint density at radius 3 is 2.12 bits per heavy atom. The Labute approximate surface area is 193 Å². The zero-order valence-electron chi connectivity index (χ0n) is 18.8. The van der Waals surface area contributed by atoms with Crippen LogP contribution in [0.2, 0.25) is 0 Å². The Bertz CT molecular complexity index is 1140. The Morgan fingerprint density at radius 2 is 1.56 bits per heavy atom. The molecule has 11 heteroatoms. The highest BCUT2D eigenvalue weighted by Gasteiger charge is 2.46. The first-order chi connectivity index (χ1) is 15.8. The number of ether oxygens (including phenoxy) is 1. The smallest absolute Gasteiger partial charge is 0.416 e. The molecule has 0 atom stereocenters. The van der Waals surface area contributed by atoms with Crippen LogP contribution >= 0.6 is 0 Å². The lowest BCUT2D eigenvalue weighted by Gasteiger charge is -2.32. The van der Waals surface area contributed by atoms with E-state index in [2.05, 4.69) is 5.32 Å². The molecule has 2 aromatic rings. The molecule has 5 amide bonds. The predicted molar refractivity (Wildman–Crippen MR) is 115 cm³/mol. The second kappa shape index (κ2) is 9.16. The zero-order chi connectivity index (χ0) is 25.4. The van der Waals surface area contributed by atoms with E-state index in [4.69, 9.17) is 4.74 Å². The van der Waals surface area contributed by atoms with Gasteiger partial charge in [0.05, 0.1) is 5.56 Å². The molecule has 2 aromatic carbocycles. The van der Waals surface area contributed by atoms with Crippen molar-refractivity contribution in [2.45, 2.75) is 25.9 Å². The molecule has 0 unspecified atom stereocenters. The van der Waals surface area contributed by atoms with Crippen molar-refractivity contribution in [1.82, 2.24) is 9.80 Å². The summed E-state index contributed by atoms with van der Waals surface area (Å²) in [7, 11) is 2.35. The molecule has 34 heavy (non-hydrogen) atoms. The number of anilines is 1. The van der Waals surface area contributed by atoms with Crippen LogP contribution in [0.4, 0.5) is 23.7 Å². The van der Waals surface area contributed by atoms with Crippen molar-refractivity contribution in [3.8, 4) is 11.5 Å². The molecule has 8 nitrogen and oxygen atoms in total. The van der Waals surface area contributed by atoms with Gasteiger partial charge in [0.15, 0.2) is 5.92 Å². The first-order valence-corrected chi connectivity index (χ1v) is 10.2. The summed E-state index contributed by atoms with van der Waals surface area (Å²) < 4.78 is 44.5. The number of alkyl halides is 3. The van der Waals surface area contributed by atoms with Gasteiger partial charge in [0, 0.05) is 19.8 Å². The van der Waals surface area contributed by atoms with Crippen LogP contribution in [0.1, 0.15) is 30.9 Å². The van der Waals surface area contributed by atoms with Crippen molar-refractivity contribution in [2.75, 3.05) is 19.4 Å². The van der Waals surface area contributed by atoms with Crippen LogP contribution in [0.15, 0.2) is 42.5 Å². The number of imide groups is 2. The molecule has 1 saturated heterocycles. The predicted octanol–water partition coefficient (Wildman–Crippen LogP) is 4.23. The lowest BCUT2D eigenvalue weighted by atomic mass is 9.99. The highest BCUT2D eigenvalue weighted by Crippen LogP contribution is 2.35. The number of rotatable bonds is 5. The minimum Gasteiger partial charge on any atom is -0.457 e. The average Bonchev–Trinajstić information content (AvgIpc) is 2.77. The summed E-state index contributed by atoms with van der Waals surface area (Å²) >= 11 is 0. The number of urea groups is 1. The van der Waals surface area contributed by atoms with Gasteiger partial charge in [0.2, 0.25) is 5.91 Å². The van der Waals surface area contributed by atoms with Crippen molar-refractivity contribution < 1.29 is 37.1 Å². The summed E-state index contributed by atoms with van der Waals surface area (Å²) in [6.07, 6.45) is -4.52. The average molecular weight is 477 g/mol. The van der Waals surface area contributed by atoms with Gasteiger partial charge >= 0.3 is 12.2 Å². The number of barbiturate groups is 1. The van der Waals surface area contributed by atoms with Gasteiger partial charge in [0.1, 0.15) is 11.5 Å². The molecule has 1 aliphatic heterocycles. The molecule has 1 fully saturated rings. The minimum atomic E-state index is -4.52. The van der Waals surface area contributed by atoms with Gasteiger partial charge < -0.3 is 10.1 Å². The normalized spacial score (nSPS) is 15.2. The van der Waals surface area contributed by atoms with E-state index in [0.717, 1.165) is 12.1 Å². The first kappa shape index (κ1) is 24.7. The number of amides is 5. The van der Waals surface area contributed by atoms with Gasteiger partial charge in [-0.15, -0.1) is 0 Å². The van der Waals surface area contributed by atoms with E-state index in [1.807, 2.05) is 13.8 Å². The quantitative estimate of drug-likeness (QED) is 0.651. The van der Waals surface area contributed by atoms with Crippen molar-refractivity contribution in [3.05, 3.63) is 53.6 Å². The second-order valence-corrected chi connectivity index (χ2v) is 8.03. The number of nitrogens with zero attached hydrogens (tertiary/aromatic N) is 2. The van der Waals surface area contributed by atoms with Gasteiger partial charge in [-0.3, -0.25) is 24.2 Å². The number of halogens is 3. The van der Waals surface area contributed by atoms with Crippen LogP contribution < -0.4 is 10.1 Å². The van der Waals surface area contributed by atoms with Gasteiger partial charge in [0.25, 0.3) is 11.8 Å². The number of carbonyl (C=O) groups is 4. The molecule has 0 radical (unpaired) electrons. The Kier molecular flexibility index (Phi) is 6.67. The molecule has 0 aliphatic carbocycles. The van der Waals surface area contributed by atoms with Gasteiger partial charge in [-0.05, 0) is 47.9 Å². The summed E-state index contributed by atoms with van der Waals surface area (Å²) in [6.45, 7) is 3.63. The van der Waals surface area contributed by atoms with Crippen molar-refractivity contribution in [1.29, 1.82) is 0 Å². The third-order valence-corrected chi connectivity index (χ3v) is 5.29. The summed E-state index contributed by atoms with van der Waals surface area (Å²) in [5.74, 6) is -4.47. The van der Waals surface area contributed by atoms with E-state index in [-0.39, 0.29) is 17.4 Å². The maximum Gasteiger partial charge on any atom is 0.416 e. The van der Waals surface area contributed by atoms with Crippen molar-refractivity contribution in [3.63, 3.8) is 0 Å². The second-order valence-electron chi connectivity index (χ2n) is 8.03. The molecule has 180 valence electrons. The topological polar surface area (TPSA) is 96.0 Å². The van der Waals surface area contributed by atoms with E-state index in [0.29, 0.717) is 21.1 Å². The highest BCUT2D eigenvalue weighted by atomic mass is 19.4. The van der Waals surface area contributed by atoms with Gasteiger partial charge in [-0.1, -0.05) is 19.9 Å². The molecule has 0 aromatic heterocycles. The Balaban J connectivity index is 1.85. The van der Waals surface area contributed by atoms with Gasteiger partial charge in [-0.2, -0.15) is 13.2 Å². The number of hydrogen-bond acceptors (Lipinski definition) is 5. The third-order valence-electron chi connectivity index (χ3n) is 5.29. The van der Waals surface area contributed by atoms with E-state index in [1.165, 1.54) is 38.4 Å².